The average Bonchev–Trinajstić information content (AvgIpc) is 2.30. The van der Waals surface area contributed by atoms with Gasteiger partial charge in [0.25, 0.3) is 0 Å². The summed E-state index contributed by atoms with van der Waals surface area (Å²) < 4.78 is 0. The molecule has 0 fully saturated rings. The predicted octanol–water partition coefficient (Wildman–Crippen LogP) is 4.27. The van der Waals surface area contributed by atoms with Crippen LogP contribution in [0.25, 0.3) is 0 Å². The lowest BCUT2D eigenvalue weighted by atomic mass is 9.86. The molecular weight excluding hydrogens is 206 g/mol. The van der Waals surface area contributed by atoms with Gasteiger partial charge in [-0.3, -0.25) is 4.99 Å². The standard InChI is InChI=1S/C16H21N/c1-5-6-7-10-17-12-16-9-8-15(13(2)3)11-14(16)4/h5-10,14H,1-2,11-12H2,3-4H3/b7-6-,17-10?. The molecule has 1 atom stereocenters. The van der Waals surface area contributed by atoms with Crippen LogP contribution in [0.3, 0.4) is 0 Å². The Kier molecular flexibility index (Phi) is 5.41. The molecule has 0 aliphatic heterocycles. The van der Waals surface area contributed by atoms with E-state index in [1.807, 2.05) is 18.4 Å². The molecule has 1 unspecified atom stereocenters. The molecule has 17 heavy (non-hydrogen) atoms. The van der Waals surface area contributed by atoms with Crippen molar-refractivity contribution < 1.29 is 0 Å². The molecule has 1 aliphatic rings. The van der Waals surface area contributed by atoms with E-state index in [9.17, 15) is 0 Å². The molecule has 0 amide bonds. The summed E-state index contributed by atoms with van der Waals surface area (Å²) in [6.07, 6.45) is 12.8. The quantitative estimate of drug-likeness (QED) is 0.491. The Bertz CT molecular complexity index is 405. The van der Waals surface area contributed by atoms with Gasteiger partial charge in [-0.1, -0.05) is 50.0 Å². The molecule has 0 radical (unpaired) electrons. The highest BCUT2D eigenvalue weighted by molar-refractivity contribution is 5.71. The van der Waals surface area contributed by atoms with Gasteiger partial charge in [-0.25, -0.2) is 0 Å². The highest BCUT2D eigenvalue weighted by Gasteiger charge is 2.14. The van der Waals surface area contributed by atoms with E-state index in [0.717, 1.165) is 13.0 Å². The second-order valence-electron chi connectivity index (χ2n) is 4.43. The van der Waals surface area contributed by atoms with E-state index in [2.05, 4.69) is 44.1 Å². The molecule has 1 rings (SSSR count). The summed E-state index contributed by atoms with van der Waals surface area (Å²) in [6, 6.07) is 0. The van der Waals surface area contributed by atoms with Crippen molar-refractivity contribution in [3.05, 3.63) is 60.3 Å². The van der Waals surface area contributed by atoms with E-state index in [0.29, 0.717) is 5.92 Å². The van der Waals surface area contributed by atoms with Crippen molar-refractivity contribution in [1.82, 2.24) is 0 Å². The molecule has 0 aromatic heterocycles. The normalized spacial score (nSPS) is 20.5. The second kappa shape index (κ2) is 6.85. The van der Waals surface area contributed by atoms with Crippen LogP contribution in [0.5, 0.6) is 0 Å². The molecule has 0 heterocycles. The number of hydrogen-bond acceptors (Lipinski definition) is 1. The van der Waals surface area contributed by atoms with Crippen LogP contribution in [0, 0.1) is 5.92 Å². The van der Waals surface area contributed by atoms with E-state index in [1.54, 1.807) is 6.08 Å². The van der Waals surface area contributed by atoms with E-state index >= 15 is 0 Å². The van der Waals surface area contributed by atoms with Gasteiger partial charge >= 0.3 is 0 Å². The minimum atomic E-state index is 0.562. The van der Waals surface area contributed by atoms with Crippen LogP contribution in [0.4, 0.5) is 0 Å². The van der Waals surface area contributed by atoms with Crippen LogP contribution in [0.2, 0.25) is 0 Å². The van der Waals surface area contributed by atoms with Crippen molar-refractivity contribution in [3.63, 3.8) is 0 Å². The van der Waals surface area contributed by atoms with Crippen molar-refractivity contribution in [1.29, 1.82) is 0 Å². The zero-order valence-electron chi connectivity index (χ0n) is 10.8. The van der Waals surface area contributed by atoms with Crippen molar-refractivity contribution in [2.75, 3.05) is 6.54 Å². The van der Waals surface area contributed by atoms with Gasteiger partial charge < -0.3 is 0 Å². The Hall–Kier alpha value is -1.63. The Morgan fingerprint density at radius 3 is 2.82 bits per heavy atom. The molecule has 90 valence electrons. The summed E-state index contributed by atoms with van der Waals surface area (Å²) in [5.41, 5.74) is 3.92. The molecule has 0 bridgehead atoms. The minimum absolute atomic E-state index is 0.562. The molecule has 0 N–H and O–H groups in total. The summed E-state index contributed by atoms with van der Waals surface area (Å²) in [4.78, 5) is 4.37. The number of allylic oxidation sites excluding steroid dienone is 7. The number of rotatable bonds is 5. The lowest BCUT2D eigenvalue weighted by Crippen LogP contribution is -2.08. The number of hydrogen-bond donors (Lipinski definition) is 0. The van der Waals surface area contributed by atoms with Crippen molar-refractivity contribution in [3.8, 4) is 0 Å². The molecule has 0 aromatic carbocycles. The topological polar surface area (TPSA) is 12.4 Å². The summed E-state index contributed by atoms with van der Waals surface area (Å²) in [6.45, 7) is 12.7. The lowest BCUT2D eigenvalue weighted by Gasteiger charge is -2.20. The fourth-order valence-electron chi connectivity index (χ4n) is 1.77. The zero-order valence-corrected chi connectivity index (χ0v) is 10.8. The third-order valence-corrected chi connectivity index (χ3v) is 2.92. The Morgan fingerprint density at radius 1 is 1.47 bits per heavy atom. The molecule has 0 saturated carbocycles. The van der Waals surface area contributed by atoms with Crippen molar-refractivity contribution in [2.45, 2.75) is 20.3 Å². The van der Waals surface area contributed by atoms with Gasteiger partial charge in [0.2, 0.25) is 0 Å². The van der Waals surface area contributed by atoms with Crippen LogP contribution in [-0.4, -0.2) is 12.8 Å². The van der Waals surface area contributed by atoms with Gasteiger partial charge in [-0.05, 0) is 36.5 Å². The highest BCUT2D eigenvalue weighted by Crippen LogP contribution is 2.28. The maximum Gasteiger partial charge on any atom is 0.0605 e. The molecule has 0 aromatic rings. The van der Waals surface area contributed by atoms with Gasteiger partial charge in [-0.15, -0.1) is 0 Å². The highest BCUT2D eigenvalue weighted by atomic mass is 14.7. The SMILES string of the molecule is C=C/C=C\C=NCC1=CC=C(C(=C)C)CC1C. The number of nitrogens with zero attached hydrogens (tertiary/aromatic N) is 1. The van der Waals surface area contributed by atoms with E-state index in [4.69, 9.17) is 0 Å². The minimum Gasteiger partial charge on any atom is -0.289 e. The van der Waals surface area contributed by atoms with Gasteiger partial charge in [0.1, 0.15) is 0 Å². The van der Waals surface area contributed by atoms with Gasteiger partial charge in [0.15, 0.2) is 0 Å². The summed E-state index contributed by atoms with van der Waals surface area (Å²) in [7, 11) is 0. The molecule has 0 saturated heterocycles. The van der Waals surface area contributed by atoms with Crippen LogP contribution < -0.4 is 0 Å². The monoisotopic (exact) mass is 227 g/mol. The van der Waals surface area contributed by atoms with E-state index in [1.165, 1.54) is 16.7 Å². The van der Waals surface area contributed by atoms with Crippen molar-refractivity contribution in [2.24, 2.45) is 10.9 Å². The van der Waals surface area contributed by atoms with Gasteiger partial charge in [0.05, 0.1) is 6.54 Å². The maximum atomic E-state index is 4.37. The molecule has 0 spiro atoms. The fourth-order valence-corrected chi connectivity index (χ4v) is 1.77. The van der Waals surface area contributed by atoms with Crippen LogP contribution in [-0.2, 0) is 0 Å². The van der Waals surface area contributed by atoms with Gasteiger partial charge in [-0.2, -0.15) is 0 Å². The fraction of sp³-hybridized carbons (Fsp3) is 0.312. The van der Waals surface area contributed by atoms with Gasteiger partial charge in [0, 0.05) is 6.21 Å². The Balaban J connectivity index is 2.60. The van der Waals surface area contributed by atoms with Crippen LogP contribution in [0.15, 0.2) is 65.2 Å². The lowest BCUT2D eigenvalue weighted by molar-refractivity contribution is 0.653. The first-order valence-electron chi connectivity index (χ1n) is 5.98. The molecule has 1 nitrogen and oxygen atoms in total. The average molecular weight is 227 g/mol. The Labute approximate surface area is 105 Å². The zero-order chi connectivity index (χ0) is 12.7. The van der Waals surface area contributed by atoms with E-state index < -0.39 is 0 Å². The largest absolute Gasteiger partial charge is 0.289 e. The molecular formula is C16H21N. The molecule has 1 heteroatoms. The Morgan fingerprint density at radius 2 is 2.24 bits per heavy atom. The summed E-state index contributed by atoms with van der Waals surface area (Å²) >= 11 is 0. The second-order valence-corrected chi connectivity index (χ2v) is 4.43. The van der Waals surface area contributed by atoms with Crippen LogP contribution >= 0.6 is 0 Å². The third-order valence-electron chi connectivity index (χ3n) is 2.92. The maximum absolute atomic E-state index is 4.37. The number of aliphatic imine (C=N–C) groups is 1. The van der Waals surface area contributed by atoms with Crippen LogP contribution in [0.1, 0.15) is 20.3 Å². The smallest absolute Gasteiger partial charge is 0.0605 e. The predicted molar refractivity (Wildman–Crippen MR) is 77.5 cm³/mol. The van der Waals surface area contributed by atoms with Crippen molar-refractivity contribution >= 4 is 6.21 Å². The summed E-state index contributed by atoms with van der Waals surface area (Å²) in [5, 5.41) is 0. The first kappa shape index (κ1) is 13.4. The first-order chi connectivity index (χ1) is 8.15. The summed E-state index contributed by atoms with van der Waals surface area (Å²) in [5.74, 6) is 0.562. The third kappa shape index (κ3) is 4.39. The van der Waals surface area contributed by atoms with E-state index in [-0.39, 0.29) is 0 Å². The molecule has 1 aliphatic carbocycles. The first-order valence-corrected chi connectivity index (χ1v) is 5.98.